The van der Waals surface area contributed by atoms with Gasteiger partial charge in [-0.2, -0.15) is 0 Å². The van der Waals surface area contributed by atoms with Gasteiger partial charge in [-0.25, -0.2) is 0 Å². The van der Waals surface area contributed by atoms with Crippen molar-refractivity contribution in [1.82, 2.24) is 5.32 Å². The quantitative estimate of drug-likeness (QED) is 0.586. The summed E-state index contributed by atoms with van der Waals surface area (Å²) in [7, 11) is 0. The van der Waals surface area contributed by atoms with E-state index < -0.39 is 0 Å². The van der Waals surface area contributed by atoms with Crippen LogP contribution in [0.5, 0.6) is 0 Å². The van der Waals surface area contributed by atoms with E-state index in [2.05, 4.69) is 36.3 Å². The van der Waals surface area contributed by atoms with E-state index in [1.807, 2.05) is 18.2 Å². The largest absolute Gasteiger partial charge is 0.370 e. The summed E-state index contributed by atoms with van der Waals surface area (Å²) in [5.74, 6) is 1.10. The average molecular weight is 219 g/mol. The molecule has 3 N–H and O–H groups in total. The van der Waals surface area contributed by atoms with Gasteiger partial charge in [0.25, 0.3) is 0 Å². The lowest BCUT2D eigenvalue weighted by atomic mass is 10.1. The lowest BCUT2D eigenvalue weighted by molar-refractivity contribution is 0.661. The fraction of sp³-hybridized carbons (Fsp3) is 0.462. The second kappa shape index (κ2) is 6.88. The van der Waals surface area contributed by atoms with E-state index in [1.165, 1.54) is 5.56 Å². The van der Waals surface area contributed by atoms with Crippen molar-refractivity contribution in [2.24, 2.45) is 16.6 Å². The van der Waals surface area contributed by atoms with E-state index in [-0.39, 0.29) is 0 Å². The second-order valence-electron chi connectivity index (χ2n) is 4.28. The molecule has 88 valence electrons. The smallest absolute Gasteiger partial charge is 0.188 e. The molecule has 0 saturated carbocycles. The third-order valence-corrected chi connectivity index (χ3v) is 2.19. The highest BCUT2D eigenvalue weighted by molar-refractivity contribution is 5.77. The Morgan fingerprint density at radius 1 is 1.31 bits per heavy atom. The summed E-state index contributed by atoms with van der Waals surface area (Å²) in [5, 5.41) is 3.11. The van der Waals surface area contributed by atoms with E-state index in [9.17, 15) is 0 Å². The maximum Gasteiger partial charge on any atom is 0.188 e. The van der Waals surface area contributed by atoms with Crippen molar-refractivity contribution in [3.8, 4) is 0 Å². The van der Waals surface area contributed by atoms with Gasteiger partial charge in [0.2, 0.25) is 0 Å². The Kier molecular flexibility index (Phi) is 5.40. The Morgan fingerprint density at radius 3 is 2.62 bits per heavy atom. The molecule has 0 amide bonds. The fourth-order valence-corrected chi connectivity index (χ4v) is 1.32. The molecule has 1 rings (SSSR count). The highest BCUT2D eigenvalue weighted by Crippen LogP contribution is 1.98. The number of aliphatic imine (C=N–C) groups is 1. The molecule has 0 heterocycles. The first kappa shape index (κ1) is 12.6. The Bertz CT molecular complexity index is 317. The molecule has 3 heteroatoms. The second-order valence-corrected chi connectivity index (χ2v) is 4.28. The van der Waals surface area contributed by atoms with Gasteiger partial charge in [0.1, 0.15) is 0 Å². The van der Waals surface area contributed by atoms with Crippen LogP contribution in [-0.4, -0.2) is 19.0 Å². The standard InChI is InChI=1S/C13H21N3/c1-11(2)10-16-13(14)15-9-8-12-6-4-3-5-7-12/h3-7,11H,8-10H2,1-2H3,(H3,14,15,16). The molecule has 0 aromatic heterocycles. The number of hydrogen-bond acceptors (Lipinski definition) is 1. The predicted octanol–water partition coefficient (Wildman–Crippen LogP) is 1.79. The van der Waals surface area contributed by atoms with Crippen LogP contribution < -0.4 is 11.1 Å². The molecule has 0 aliphatic carbocycles. The first-order valence-electron chi connectivity index (χ1n) is 5.76. The third kappa shape index (κ3) is 5.39. The molecule has 0 unspecified atom stereocenters. The van der Waals surface area contributed by atoms with Crippen LogP contribution in [0.1, 0.15) is 19.4 Å². The van der Waals surface area contributed by atoms with Gasteiger partial charge >= 0.3 is 0 Å². The Labute approximate surface area is 97.8 Å². The highest BCUT2D eigenvalue weighted by atomic mass is 15.1. The van der Waals surface area contributed by atoms with Crippen LogP contribution in [0.25, 0.3) is 0 Å². The van der Waals surface area contributed by atoms with Crippen LogP contribution in [0, 0.1) is 5.92 Å². The topological polar surface area (TPSA) is 50.4 Å². The molecule has 0 bridgehead atoms. The number of guanidine groups is 1. The molecule has 0 aliphatic heterocycles. The summed E-state index contributed by atoms with van der Waals surface area (Å²) in [5.41, 5.74) is 7.04. The molecular weight excluding hydrogens is 198 g/mol. The first-order valence-corrected chi connectivity index (χ1v) is 5.76. The van der Waals surface area contributed by atoms with Gasteiger partial charge in [0, 0.05) is 13.1 Å². The number of benzene rings is 1. The van der Waals surface area contributed by atoms with E-state index in [1.54, 1.807) is 0 Å². The summed E-state index contributed by atoms with van der Waals surface area (Å²) in [4.78, 5) is 4.24. The maximum atomic E-state index is 5.73. The minimum Gasteiger partial charge on any atom is -0.370 e. The Balaban J connectivity index is 2.23. The molecule has 16 heavy (non-hydrogen) atoms. The molecule has 0 atom stereocenters. The Morgan fingerprint density at radius 2 is 2.00 bits per heavy atom. The van der Waals surface area contributed by atoms with Crippen molar-refractivity contribution in [3.63, 3.8) is 0 Å². The van der Waals surface area contributed by atoms with Gasteiger partial charge in [-0.3, -0.25) is 4.99 Å². The van der Waals surface area contributed by atoms with E-state index in [0.717, 1.165) is 19.5 Å². The summed E-state index contributed by atoms with van der Waals surface area (Å²) in [6.07, 6.45) is 0.971. The zero-order valence-corrected chi connectivity index (χ0v) is 10.1. The van der Waals surface area contributed by atoms with Crippen LogP contribution in [0.2, 0.25) is 0 Å². The molecule has 0 aliphatic rings. The van der Waals surface area contributed by atoms with Crippen LogP contribution in [0.3, 0.4) is 0 Å². The molecule has 0 fully saturated rings. The van der Waals surface area contributed by atoms with Crippen LogP contribution >= 0.6 is 0 Å². The highest BCUT2D eigenvalue weighted by Gasteiger charge is 1.95. The molecular formula is C13H21N3. The zero-order chi connectivity index (χ0) is 11.8. The maximum absolute atomic E-state index is 5.73. The summed E-state index contributed by atoms with van der Waals surface area (Å²) in [6.45, 7) is 5.86. The van der Waals surface area contributed by atoms with Gasteiger partial charge in [-0.05, 0) is 17.9 Å². The van der Waals surface area contributed by atoms with Crippen molar-refractivity contribution < 1.29 is 0 Å². The van der Waals surface area contributed by atoms with Gasteiger partial charge in [-0.15, -0.1) is 0 Å². The van der Waals surface area contributed by atoms with Gasteiger partial charge in [0.15, 0.2) is 5.96 Å². The first-order chi connectivity index (χ1) is 7.68. The van der Waals surface area contributed by atoms with Gasteiger partial charge in [-0.1, -0.05) is 44.2 Å². The van der Waals surface area contributed by atoms with Crippen LogP contribution in [0.15, 0.2) is 35.3 Å². The van der Waals surface area contributed by atoms with Gasteiger partial charge < -0.3 is 11.1 Å². The van der Waals surface area contributed by atoms with Crippen molar-refractivity contribution in [2.75, 3.05) is 13.1 Å². The molecule has 0 spiro atoms. The fourth-order valence-electron chi connectivity index (χ4n) is 1.32. The summed E-state index contributed by atoms with van der Waals surface area (Å²) < 4.78 is 0. The third-order valence-electron chi connectivity index (χ3n) is 2.19. The number of nitrogens with zero attached hydrogens (tertiary/aromatic N) is 1. The lowest BCUT2D eigenvalue weighted by Crippen LogP contribution is -2.33. The minimum absolute atomic E-state index is 0.546. The van der Waals surface area contributed by atoms with E-state index in [4.69, 9.17) is 5.73 Å². The monoisotopic (exact) mass is 219 g/mol. The number of nitrogens with one attached hydrogen (secondary N) is 1. The number of nitrogens with two attached hydrogens (primary N) is 1. The van der Waals surface area contributed by atoms with Crippen molar-refractivity contribution >= 4 is 5.96 Å². The average Bonchev–Trinajstić information content (AvgIpc) is 2.28. The summed E-state index contributed by atoms with van der Waals surface area (Å²) >= 11 is 0. The number of rotatable bonds is 5. The lowest BCUT2D eigenvalue weighted by Gasteiger charge is -2.06. The van der Waals surface area contributed by atoms with Crippen LogP contribution in [-0.2, 0) is 6.42 Å². The zero-order valence-electron chi connectivity index (χ0n) is 10.1. The Hall–Kier alpha value is -1.51. The van der Waals surface area contributed by atoms with E-state index >= 15 is 0 Å². The number of hydrogen-bond donors (Lipinski definition) is 2. The minimum atomic E-state index is 0.546. The molecule has 0 radical (unpaired) electrons. The van der Waals surface area contributed by atoms with Crippen molar-refractivity contribution in [3.05, 3.63) is 35.9 Å². The van der Waals surface area contributed by atoms with E-state index in [0.29, 0.717) is 11.9 Å². The normalized spacial score (nSPS) is 11.8. The van der Waals surface area contributed by atoms with Crippen LogP contribution in [0.4, 0.5) is 0 Å². The SMILES string of the molecule is CC(C)CN=C(N)NCCc1ccccc1. The molecule has 3 nitrogen and oxygen atoms in total. The van der Waals surface area contributed by atoms with Crippen molar-refractivity contribution in [1.29, 1.82) is 0 Å². The van der Waals surface area contributed by atoms with Crippen molar-refractivity contribution in [2.45, 2.75) is 20.3 Å². The summed E-state index contributed by atoms with van der Waals surface area (Å²) in [6, 6.07) is 10.3. The molecule has 0 saturated heterocycles. The van der Waals surface area contributed by atoms with Gasteiger partial charge in [0.05, 0.1) is 0 Å². The molecule has 1 aromatic rings. The molecule has 1 aromatic carbocycles. The predicted molar refractivity (Wildman–Crippen MR) is 69.5 cm³/mol.